The summed E-state index contributed by atoms with van der Waals surface area (Å²) in [5.74, 6) is 1.04. The molecule has 1 aliphatic heterocycles. The molecule has 4 rings (SSSR count). The van der Waals surface area contributed by atoms with E-state index in [-0.39, 0.29) is 5.91 Å². The predicted octanol–water partition coefficient (Wildman–Crippen LogP) is 4.05. The smallest absolute Gasteiger partial charge is 0.259 e. The minimum atomic E-state index is -0.0373. The molecule has 0 atom stereocenters. The highest BCUT2D eigenvalue weighted by Crippen LogP contribution is 2.32. The highest BCUT2D eigenvalue weighted by Gasteiger charge is 2.29. The SMILES string of the molecule is Cc1onc(-c2ccccc2Cl)c1C(=O)N1CCC(Cn2ccnc2)CC1. The van der Waals surface area contributed by atoms with Crippen LogP contribution in [0.1, 0.15) is 29.0 Å². The second kappa shape index (κ2) is 7.56. The van der Waals surface area contributed by atoms with Crippen molar-refractivity contribution >= 4 is 17.5 Å². The Hall–Kier alpha value is -2.60. The molecule has 1 aliphatic rings. The standard InChI is InChI=1S/C20H21ClN4O2/c1-14-18(19(23-27-14)16-4-2-3-5-17(16)21)20(26)25-9-6-15(7-10-25)12-24-11-8-22-13-24/h2-5,8,11,13,15H,6-7,9-10,12H2,1H3. The molecule has 3 aromatic rings. The zero-order valence-corrected chi connectivity index (χ0v) is 15.9. The van der Waals surface area contributed by atoms with Crippen LogP contribution >= 0.6 is 11.6 Å². The normalized spacial score (nSPS) is 15.3. The van der Waals surface area contributed by atoms with Gasteiger partial charge in [0.2, 0.25) is 0 Å². The average molecular weight is 385 g/mol. The van der Waals surface area contributed by atoms with Gasteiger partial charge in [0.25, 0.3) is 5.91 Å². The minimum Gasteiger partial charge on any atom is -0.360 e. The third kappa shape index (κ3) is 3.62. The lowest BCUT2D eigenvalue weighted by Crippen LogP contribution is -2.39. The Morgan fingerprint density at radius 3 is 2.78 bits per heavy atom. The fraction of sp³-hybridized carbons (Fsp3) is 0.350. The molecule has 0 saturated carbocycles. The topological polar surface area (TPSA) is 64.2 Å². The Morgan fingerprint density at radius 1 is 1.30 bits per heavy atom. The van der Waals surface area contributed by atoms with Gasteiger partial charge in [0.15, 0.2) is 0 Å². The van der Waals surface area contributed by atoms with E-state index in [1.54, 1.807) is 19.2 Å². The van der Waals surface area contributed by atoms with Gasteiger partial charge in [0, 0.05) is 37.6 Å². The number of aromatic nitrogens is 3. The van der Waals surface area contributed by atoms with E-state index in [1.807, 2.05) is 35.6 Å². The molecule has 27 heavy (non-hydrogen) atoms. The lowest BCUT2D eigenvalue weighted by atomic mass is 9.95. The van der Waals surface area contributed by atoms with Gasteiger partial charge in [-0.2, -0.15) is 0 Å². The van der Waals surface area contributed by atoms with E-state index in [9.17, 15) is 4.79 Å². The molecule has 1 aromatic carbocycles. The van der Waals surface area contributed by atoms with E-state index in [2.05, 4.69) is 14.7 Å². The predicted molar refractivity (Wildman–Crippen MR) is 103 cm³/mol. The zero-order chi connectivity index (χ0) is 18.8. The summed E-state index contributed by atoms with van der Waals surface area (Å²) in [4.78, 5) is 19.2. The van der Waals surface area contributed by atoms with E-state index in [4.69, 9.17) is 16.1 Å². The van der Waals surface area contributed by atoms with Crippen molar-refractivity contribution in [3.05, 3.63) is 59.3 Å². The molecule has 140 valence electrons. The number of likely N-dealkylation sites (tertiary alicyclic amines) is 1. The maximum absolute atomic E-state index is 13.2. The molecule has 1 fully saturated rings. The van der Waals surface area contributed by atoms with Crippen LogP contribution in [-0.4, -0.2) is 38.6 Å². The summed E-state index contributed by atoms with van der Waals surface area (Å²) >= 11 is 6.30. The van der Waals surface area contributed by atoms with Crippen LogP contribution in [0.3, 0.4) is 0 Å². The fourth-order valence-corrected chi connectivity index (χ4v) is 3.86. The van der Waals surface area contributed by atoms with E-state index in [0.717, 1.165) is 38.0 Å². The van der Waals surface area contributed by atoms with Crippen molar-refractivity contribution in [2.45, 2.75) is 26.3 Å². The Balaban J connectivity index is 1.50. The average Bonchev–Trinajstić information content (AvgIpc) is 3.32. The van der Waals surface area contributed by atoms with Crippen molar-refractivity contribution in [1.29, 1.82) is 0 Å². The first-order valence-corrected chi connectivity index (χ1v) is 9.47. The molecular weight excluding hydrogens is 364 g/mol. The van der Waals surface area contributed by atoms with Gasteiger partial charge in [0.05, 0.1) is 11.3 Å². The van der Waals surface area contributed by atoms with Crippen LogP contribution in [0.25, 0.3) is 11.3 Å². The van der Waals surface area contributed by atoms with Gasteiger partial charge in [-0.15, -0.1) is 0 Å². The number of rotatable bonds is 4. The maximum atomic E-state index is 13.2. The second-order valence-corrected chi connectivity index (χ2v) is 7.34. The van der Waals surface area contributed by atoms with Crippen molar-refractivity contribution in [3.8, 4) is 11.3 Å². The van der Waals surface area contributed by atoms with Crippen molar-refractivity contribution < 1.29 is 9.32 Å². The summed E-state index contributed by atoms with van der Waals surface area (Å²) in [5.41, 5.74) is 1.74. The van der Waals surface area contributed by atoms with Gasteiger partial charge in [-0.05, 0) is 31.7 Å². The van der Waals surface area contributed by atoms with Crippen LogP contribution < -0.4 is 0 Å². The summed E-state index contributed by atoms with van der Waals surface area (Å²) in [5, 5.41) is 4.66. The monoisotopic (exact) mass is 384 g/mol. The molecule has 0 aliphatic carbocycles. The highest BCUT2D eigenvalue weighted by atomic mass is 35.5. The van der Waals surface area contributed by atoms with Gasteiger partial charge in [0.1, 0.15) is 17.0 Å². The van der Waals surface area contributed by atoms with Crippen LogP contribution in [-0.2, 0) is 6.54 Å². The second-order valence-electron chi connectivity index (χ2n) is 6.94. The van der Waals surface area contributed by atoms with Crippen molar-refractivity contribution in [2.75, 3.05) is 13.1 Å². The third-order valence-electron chi connectivity index (χ3n) is 5.14. The van der Waals surface area contributed by atoms with Gasteiger partial charge in [-0.1, -0.05) is 35.0 Å². The number of piperidine rings is 1. The maximum Gasteiger partial charge on any atom is 0.259 e. The third-order valence-corrected chi connectivity index (χ3v) is 5.47. The molecule has 0 unspecified atom stereocenters. The van der Waals surface area contributed by atoms with Crippen LogP contribution in [0.5, 0.6) is 0 Å². The van der Waals surface area contributed by atoms with E-state index >= 15 is 0 Å². The van der Waals surface area contributed by atoms with Crippen molar-refractivity contribution in [3.63, 3.8) is 0 Å². The van der Waals surface area contributed by atoms with Crippen molar-refractivity contribution in [2.24, 2.45) is 5.92 Å². The summed E-state index contributed by atoms with van der Waals surface area (Å²) in [7, 11) is 0. The number of hydrogen-bond donors (Lipinski definition) is 0. The lowest BCUT2D eigenvalue weighted by molar-refractivity contribution is 0.0682. The molecule has 1 amide bonds. The first kappa shape index (κ1) is 17.8. The molecular formula is C20H21ClN4O2. The first-order valence-electron chi connectivity index (χ1n) is 9.09. The van der Waals surface area contributed by atoms with Gasteiger partial charge in [-0.3, -0.25) is 4.79 Å². The number of carbonyl (C=O) groups excluding carboxylic acids is 1. The fourth-order valence-electron chi connectivity index (χ4n) is 3.63. The zero-order valence-electron chi connectivity index (χ0n) is 15.1. The Kier molecular flexibility index (Phi) is 4.99. The van der Waals surface area contributed by atoms with Gasteiger partial charge in [-0.25, -0.2) is 4.98 Å². The largest absolute Gasteiger partial charge is 0.360 e. The lowest BCUT2D eigenvalue weighted by Gasteiger charge is -2.32. The van der Waals surface area contributed by atoms with Gasteiger partial charge < -0.3 is 14.0 Å². The van der Waals surface area contributed by atoms with E-state index in [1.165, 1.54) is 0 Å². The number of aryl methyl sites for hydroxylation is 1. The molecule has 1 saturated heterocycles. The number of imidazole rings is 1. The first-order chi connectivity index (χ1) is 13.1. The summed E-state index contributed by atoms with van der Waals surface area (Å²) in [6.45, 7) is 4.17. The number of amides is 1. The number of benzene rings is 1. The number of carbonyl (C=O) groups is 1. The molecule has 0 spiro atoms. The summed E-state index contributed by atoms with van der Waals surface area (Å²) < 4.78 is 7.44. The van der Waals surface area contributed by atoms with E-state index in [0.29, 0.717) is 28.0 Å². The molecule has 7 heteroatoms. The van der Waals surface area contributed by atoms with Crippen molar-refractivity contribution in [1.82, 2.24) is 19.6 Å². The Bertz CT molecular complexity index is 927. The number of hydrogen-bond acceptors (Lipinski definition) is 4. The molecule has 0 bridgehead atoms. The molecule has 0 radical (unpaired) electrons. The summed E-state index contributed by atoms with van der Waals surface area (Å²) in [6, 6.07) is 7.37. The number of nitrogens with zero attached hydrogens (tertiary/aromatic N) is 4. The molecule has 3 heterocycles. The highest BCUT2D eigenvalue weighted by molar-refractivity contribution is 6.33. The Morgan fingerprint density at radius 2 is 2.07 bits per heavy atom. The molecule has 2 aromatic heterocycles. The van der Waals surface area contributed by atoms with Crippen LogP contribution in [0, 0.1) is 12.8 Å². The molecule has 6 nitrogen and oxygen atoms in total. The van der Waals surface area contributed by atoms with Crippen LogP contribution in [0.2, 0.25) is 5.02 Å². The van der Waals surface area contributed by atoms with Crippen LogP contribution in [0.15, 0.2) is 47.5 Å². The van der Waals surface area contributed by atoms with Gasteiger partial charge >= 0.3 is 0 Å². The molecule has 0 N–H and O–H groups in total. The van der Waals surface area contributed by atoms with Crippen LogP contribution in [0.4, 0.5) is 0 Å². The summed E-state index contributed by atoms with van der Waals surface area (Å²) in [6.07, 6.45) is 7.55. The number of halogens is 1. The van der Waals surface area contributed by atoms with E-state index < -0.39 is 0 Å². The minimum absolute atomic E-state index is 0.0373. The quantitative estimate of drug-likeness (QED) is 0.680. The Labute approximate surface area is 162 Å².